The number of halogens is 3. The lowest BCUT2D eigenvalue weighted by atomic mass is 10.1. The van der Waals surface area contributed by atoms with Gasteiger partial charge in [-0.25, -0.2) is 0 Å². The zero-order valence-corrected chi connectivity index (χ0v) is 12.3. The first-order valence-corrected chi connectivity index (χ1v) is 6.69. The Morgan fingerprint density at radius 3 is 2.74 bits per heavy atom. The minimum Gasteiger partial charge on any atom is -0.507 e. The number of phenols is 1. The Morgan fingerprint density at radius 2 is 2.09 bits per heavy atom. The van der Waals surface area contributed by atoms with Crippen LogP contribution in [0.15, 0.2) is 36.4 Å². The minimum atomic E-state index is -3.06. The van der Waals surface area contributed by atoms with E-state index in [1.807, 2.05) is 0 Å². The van der Waals surface area contributed by atoms with Gasteiger partial charge in [-0.05, 0) is 24.3 Å². The summed E-state index contributed by atoms with van der Waals surface area (Å²) in [6.07, 6.45) is 0. The van der Waals surface area contributed by atoms with Crippen molar-refractivity contribution >= 4 is 23.0 Å². The van der Waals surface area contributed by atoms with E-state index in [-0.39, 0.29) is 40.0 Å². The molecular weight excluding hydrogens is 334 g/mol. The highest BCUT2D eigenvalue weighted by Crippen LogP contribution is 2.32. The molecule has 23 heavy (non-hydrogen) atoms. The first-order chi connectivity index (χ1) is 10.9. The van der Waals surface area contributed by atoms with Crippen molar-refractivity contribution < 1.29 is 23.5 Å². The van der Waals surface area contributed by atoms with E-state index < -0.39 is 11.5 Å². The minimum absolute atomic E-state index is 0.0436. The summed E-state index contributed by atoms with van der Waals surface area (Å²) in [6, 6.07) is 7.80. The number of nitrogens with zero attached hydrogens (tertiary/aromatic N) is 1. The van der Waals surface area contributed by atoms with Gasteiger partial charge in [-0.2, -0.15) is 8.78 Å². The number of alkyl halides is 2. The Hall–Kier alpha value is -2.61. The third kappa shape index (κ3) is 4.19. The number of benzene rings is 2. The number of nitro benzene ring substituents is 1. The van der Waals surface area contributed by atoms with Crippen molar-refractivity contribution in [3.8, 4) is 11.5 Å². The summed E-state index contributed by atoms with van der Waals surface area (Å²) >= 11 is 5.80. The third-order valence-electron chi connectivity index (χ3n) is 2.94. The van der Waals surface area contributed by atoms with Crippen LogP contribution in [0.5, 0.6) is 11.5 Å². The lowest BCUT2D eigenvalue weighted by Gasteiger charge is -2.13. The van der Waals surface area contributed by atoms with E-state index >= 15 is 0 Å². The Morgan fingerprint density at radius 1 is 1.35 bits per heavy atom. The molecule has 0 saturated carbocycles. The number of phenolic OH excluding ortho intramolecular Hbond substituents is 1. The SMILES string of the molecule is O=[N+]([O-])c1ccc(Cl)cc1NCc1c(O)cccc1OC(F)F. The van der Waals surface area contributed by atoms with Gasteiger partial charge in [-0.15, -0.1) is 0 Å². The van der Waals surface area contributed by atoms with Gasteiger partial charge in [0.2, 0.25) is 0 Å². The molecule has 0 bridgehead atoms. The molecule has 0 amide bonds. The molecule has 0 unspecified atom stereocenters. The maximum atomic E-state index is 12.4. The van der Waals surface area contributed by atoms with Crippen molar-refractivity contribution in [2.45, 2.75) is 13.2 Å². The highest BCUT2D eigenvalue weighted by Gasteiger charge is 2.17. The molecule has 0 aliphatic carbocycles. The van der Waals surface area contributed by atoms with Crippen molar-refractivity contribution in [3.05, 3.63) is 57.1 Å². The highest BCUT2D eigenvalue weighted by atomic mass is 35.5. The van der Waals surface area contributed by atoms with Crippen LogP contribution in [0.4, 0.5) is 20.2 Å². The number of ether oxygens (including phenoxy) is 1. The second-order valence-electron chi connectivity index (χ2n) is 4.40. The molecule has 0 fully saturated rings. The fraction of sp³-hybridized carbons (Fsp3) is 0.143. The first kappa shape index (κ1) is 16.8. The molecule has 9 heteroatoms. The van der Waals surface area contributed by atoms with Crippen LogP contribution in [0, 0.1) is 10.1 Å². The molecule has 2 N–H and O–H groups in total. The Bertz CT molecular complexity index is 728. The molecule has 2 rings (SSSR count). The van der Waals surface area contributed by atoms with Gasteiger partial charge >= 0.3 is 6.61 Å². The number of hydrogen-bond donors (Lipinski definition) is 2. The molecule has 2 aromatic carbocycles. The summed E-state index contributed by atoms with van der Waals surface area (Å²) in [5.74, 6) is -0.502. The Labute approximate surface area is 134 Å². The smallest absolute Gasteiger partial charge is 0.387 e. The molecule has 2 aromatic rings. The number of nitro groups is 1. The summed E-state index contributed by atoms with van der Waals surface area (Å²) in [7, 11) is 0. The first-order valence-electron chi connectivity index (χ1n) is 6.32. The van der Waals surface area contributed by atoms with Gasteiger partial charge in [-0.3, -0.25) is 10.1 Å². The predicted molar refractivity (Wildman–Crippen MR) is 80.2 cm³/mol. The van der Waals surface area contributed by atoms with E-state index in [9.17, 15) is 24.0 Å². The summed E-state index contributed by atoms with van der Waals surface area (Å²) in [5, 5.41) is 23.7. The van der Waals surface area contributed by atoms with E-state index in [2.05, 4.69) is 10.1 Å². The highest BCUT2D eigenvalue weighted by molar-refractivity contribution is 6.31. The number of anilines is 1. The van der Waals surface area contributed by atoms with E-state index in [1.165, 1.54) is 36.4 Å². The summed E-state index contributed by atoms with van der Waals surface area (Å²) in [4.78, 5) is 10.4. The summed E-state index contributed by atoms with van der Waals surface area (Å²) in [5.41, 5.74) is -0.100. The van der Waals surface area contributed by atoms with Gasteiger partial charge in [0.1, 0.15) is 17.2 Å². The number of rotatable bonds is 6. The van der Waals surface area contributed by atoms with Crippen LogP contribution in [-0.2, 0) is 6.54 Å². The molecule has 122 valence electrons. The average Bonchev–Trinajstić information content (AvgIpc) is 2.45. The predicted octanol–water partition coefficient (Wildman–Crippen LogP) is 4.17. The van der Waals surface area contributed by atoms with Gasteiger partial charge in [0.25, 0.3) is 5.69 Å². The second-order valence-corrected chi connectivity index (χ2v) is 4.84. The van der Waals surface area contributed by atoms with Gasteiger partial charge in [0, 0.05) is 17.6 Å². The molecule has 0 aliphatic heterocycles. The van der Waals surface area contributed by atoms with Crippen molar-refractivity contribution in [1.29, 1.82) is 0 Å². The van der Waals surface area contributed by atoms with Crippen LogP contribution in [0.25, 0.3) is 0 Å². The third-order valence-corrected chi connectivity index (χ3v) is 3.17. The standard InChI is InChI=1S/C14H11ClF2N2O4/c15-8-4-5-11(19(21)22)10(6-8)18-7-9-12(20)2-1-3-13(9)23-14(16)17/h1-6,14,18,20H,7H2. The topological polar surface area (TPSA) is 84.6 Å². The fourth-order valence-corrected chi connectivity index (χ4v) is 2.10. The maximum Gasteiger partial charge on any atom is 0.387 e. The van der Waals surface area contributed by atoms with Crippen LogP contribution in [0.1, 0.15) is 5.56 Å². The van der Waals surface area contributed by atoms with Gasteiger partial charge in [-0.1, -0.05) is 17.7 Å². The van der Waals surface area contributed by atoms with Crippen LogP contribution in [0.3, 0.4) is 0 Å². The molecule has 0 heterocycles. The van der Waals surface area contributed by atoms with Crippen molar-refractivity contribution in [2.24, 2.45) is 0 Å². The van der Waals surface area contributed by atoms with Gasteiger partial charge in [0.05, 0.1) is 10.5 Å². The monoisotopic (exact) mass is 344 g/mol. The van der Waals surface area contributed by atoms with Crippen molar-refractivity contribution in [2.75, 3.05) is 5.32 Å². The van der Waals surface area contributed by atoms with Crippen LogP contribution < -0.4 is 10.1 Å². The Kier molecular flexibility index (Phi) is 5.17. The fourth-order valence-electron chi connectivity index (χ4n) is 1.93. The molecule has 0 saturated heterocycles. The van der Waals surface area contributed by atoms with E-state index in [4.69, 9.17) is 11.6 Å². The van der Waals surface area contributed by atoms with Crippen LogP contribution >= 0.6 is 11.6 Å². The molecule has 0 aliphatic rings. The zero-order chi connectivity index (χ0) is 17.0. The molecule has 0 aromatic heterocycles. The number of aromatic hydroxyl groups is 1. The molecule has 0 spiro atoms. The molecular formula is C14H11ClF2N2O4. The summed E-state index contributed by atoms with van der Waals surface area (Å²) < 4.78 is 29.1. The lowest BCUT2D eigenvalue weighted by Crippen LogP contribution is -2.08. The molecule has 0 radical (unpaired) electrons. The second kappa shape index (κ2) is 7.10. The van der Waals surface area contributed by atoms with Gasteiger partial charge < -0.3 is 15.2 Å². The normalized spacial score (nSPS) is 10.6. The number of hydrogen-bond acceptors (Lipinski definition) is 5. The van der Waals surface area contributed by atoms with E-state index in [1.54, 1.807) is 0 Å². The van der Waals surface area contributed by atoms with Crippen LogP contribution in [0.2, 0.25) is 5.02 Å². The van der Waals surface area contributed by atoms with Crippen LogP contribution in [-0.4, -0.2) is 16.6 Å². The zero-order valence-electron chi connectivity index (χ0n) is 11.5. The average molecular weight is 345 g/mol. The van der Waals surface area contributed by atoms with Gasteiger partial charge in [0.15, 0.2) is 0 Å². The summed E-state index contributed by atoms with van der Waals surface area (Å²) in [6.45, 7) is -3.23. The maximum absolute atomic E-state index is 12.4. The van der Waals surface area contributed by atoms with E-state index in [0.717, 1.165) is 0 Å². The molecule has 0 atom stereocenters. The lowest BCUT2D eigenvalue weighted by molar-refractivity contribution is -0.384. The molecule has 6 nitrogen and oxygen atoms in total. The van der Waals surface area contributed by atoms with Crippen molar-refractivity contribution in [1.82, 2.24) is 0 Å². The quantitative estimate of drug-likeness (QED) is 0.607. The largest absolute Gasteiger partial charge is 0.507 e. The Balaban J connectivity index is 2.28. The van der Waals surface area contributed by atoms with E-state index in [0.29, 0.717) is 0 Å². The van der Waals surface area contributed by atoms with Crippen molar-refractivity contribution in [3.63, 3.8) is 0 Å². The number of nitrogens with one attached hydrogen (secondary N) is 1.